The third-order valence-electron chi connectivity index (χ3n) is 2.93. The average Bonchev–Trinajstić information content (AvgIpc) is 2.05. The first-order valence-corrected chi connectivity index (χ1v) is 4.74. The first-order chi connectivity index (χ1) is 5.60. The van der Waals surface area contributed by atoms with Crippen LogP contribution in [-0.2, 0) is 0 Å². The zero-order valence-corrected chi connectivity index (χ0v) is 7.88. The molecule has 0 amide bonds. The Balaban J connectivity index is 2.75. The standard InChI is InChI=1S/C10H17NO/c1-8(2)9-5-3-4-6-10(9,12)7-11/h8-9,12H,3-6H2,1-2H3/t9-,10+/m0/s1. The van der Waals surface area contributed by atoms with Crippen molar-refractivity contribution in [2.75, 3.05) is 0 Å². The van der Waals surface area contributed by atoms with Crippen LogP contribution < -0.4 is 0 Å². The van der Waals surface area contributed by atoms with Crippen molar-refractivity contribution in [1.29, 1.82) is 5.26 Å². The Kier molecular flexibility index (Phi) is 2.74. The predicted octanol–water partition coefficient (Wildman–Crippen LogP) is 2.09. The van der Waals surface area contributed by atoms with Gasteiger partial charge in [0.15, 0.2) is 5.60 Å². The number of nitrogens with zero attached hydrogens (tertiary/aromatic N) is 1. The first kappa shape index (κ1) is 9.54. The van der Waals surface area contributed by atoms with E-state index < -0.39 is 5.60 Å². The van der Waals surface area contributed by atoms with Crippen LogP contribution in [0.4, 0.5) is 0 Å². The van der Waals surface area contributed by atoms with Crippen molar-refractivity contribution < 1.29 is 5.11 Å². The molecule has 0 bridgehead atoms. The fourth-order valence-electron chi connectivity index (χ4n) is 2.21. The Bertz CT molecular complexity index is 195. The second-order valence-corrected chi connectivity index (χ2v) is 4.13. The molecule has 2 nitrogen and oxygen atoms in total. The summed E-state index contributed by atoms with van der Waals surface area (Å²) in [6, 6.07) is 2.07. The quantitative estimate of drug-likeness (QED) is 0.608. The van der Waals surface area contributed by atoms with E-state index in [1.807, 2.05) is 0 Å². The highest BCUT2D eigenvalue weighted by Crippen LogP contribution is 2.37. The second-order valence-electron chi connectivity index (χ2n) is 4.13. The molecule has 0 aliphatic heterocycles. The minimum absolute atomic E-state index is 0.177. The fraction of sp³-hybridized carbons (Fsp3) is 0.900. The lowest BCUT2D eigenvalue weighted by Gasteiger charge is -2.37. The minimum Gasteiger partial charge on any atom is -0.375 e. The van der Waals surface area contributed by atoms with Crippen molar-refractivity contribution >= 4 is 0 Å². The third kappa shape index (κ3) is 1.61. The van der Waals surface area contributed by atoms with Crippen molar-refractivity contribution in [1.82, 2.24) is 0 Å². The third-order valence-corrected chi connectivity index (χ3v) is 2.93. The Morgan fingerprint density at radius 1 is 1.50 bits per heavy atom. The molecule has 1 aliphatic carbocycles. The second kappa shape index (κ2) is 3.45. The van der Waals surface area contributed by atoms with Gasteiger partial charge in [0.05, 0.1) is 6.07 Å². The molecule has 2 heteroatoms. The highest BCUT2D eigenvalue weighted by molar-refractivity contribution is 5.06. The molecule has 1 aliphatic rings. The number of nitriles is 1. The molecule has 68 valence electrons. The molecule has 0 spiro atoms. The fourth-order valence-corrected chi connectivity index (χ4v) is 2.21. The van der Waals surface area contributed by atoms with Gasteiger partial charge in [-0.3, -0.25) is 0 Å². The Labute approximate surface area is 74.2 Å². The van der Waals surface area contributed by atoms with Gasteiger partial charge in [0.1, 0.15) is 0 Å². The Hall–Kier alpha value is -0.550. The SMILES string of the molecule is CC(C)[C@@H]1CCCC[C@@]1(O)C#N. The average molecular weight is 167 g/mol. The largest absolute Gasteiger partial charge is 0.375 e. The molecular weight excluding hydrogens is 150 g/mol. The molecular formula is C10H17NO. The van der Waals surface area contributed by atoms with Crippen molar-refractivity contribution in [3.8, 4) is 6.07 Å². The minimum atomic E-state index is -1.04. The van der Waals surface area contributed by atoms with Gasteiger partial charge in [0.25, 0.3) is 0 Å². The summed E-state index contributed by atoms with van der Waals surface area (Å²) in [5, 5.41) is 18.8. The van der Waals surface area contributed by atoms with Gasteiger partial charge in [-0.25, -0.2) is 0 Å². The van der Waals surface area contributed by atoms with Crippen LogP contribution in [0, 0.1) is 23.2 Å². The van der Waals surface area contributed by atoms with E-state index in [2.05, 4.69) is 19.9 Å². The van der Waals surface area contributed by atoms with E-state index in [0.717, 1.165) is 19.3 Å². The van der Waals surface area contributed by atoms with Gasteiger partial charge >= 0.3 is 0 Å². The van der Waals surface area contributed by atoms with Crippen LogP contribution in [0.2, 0.25) is 0 Å². The summed E-state index contributed by atoms with van der Waals surface area (Å²) in [4.78, 5) is 0. The summed E-state index contributed by atoms with van der Waals surface area (Å²) in [6.45, 7) is 4.16. The molecule has 1 saturated carbocycles. The van der Waals surface area contributed by atoms with E-state index in [-0.39, 0.29) is 5.92 Å². The van der Waals surface area contributed by atoms with Gasteiger partial charge < -0.3 is 5.11 Å². The van der Waals surface area contributed by atoms with E-state index in [4.69, 9.17) is 5.26 Å². The molecule has 0 aromatic heterocycles. The monoisotopic (exact) mass is 167 g/mol. The van der Waals surface area contributed by atoms with Crippen LogP contribution in [0.25, 0.3) is 0 Å². The van der Waals surface area contributed by atoms with E-state index in [1.165, 1.54) is 0 Å². The van der Waals surface area contributed by atoms with Gasteiger partial charge in [0, 0.05) is 5.92 Å². The predicted molar refractivity (Wildman–Crippen MR) is 47.4 cm³/mol. The highest BCUT2D eigenvalue weighted by Gasteiger charge is 2.40. The van der Waals surface area contributed by atoms with Gasteiger partial charge in [-0.1, -0.05) is 20.3 Å². The highest BCUT2D eigenvalue weighted by atomic mass is 16.3. The maximum atomic E-state index is 9.95. The van der Waals surface area contributed by atoms with Gasteiger partial charge in [0.2, 0.25) is 0 Å². The van der Waals surface area contributed by atoms with Gasteiger partial charge in [-0.15, -0.1) is 0 Å². The number of aliphatic hydroxyl groups is 1. The lowest BCUT2D eigenvalue weighted by molar-refractivity contribution is -0.0179. The van der Waals surface area contributed by atoms with Gasteiger partial charge in [-0.2, -0.15) is 5.26 Å². The maximum Gasteiger partial charge on any atom is 0.154 e. The summed E-state index contributed by atoms with van der Waals surface area (Å²) in [5.41, 5.74) is -1.04. The molecule has 1 N–H and O–H groups in total. The van der Waals surface area contributed by atoms with Crippen LogP contribution in [0.1, 0.15) is 39.5 Å². The van der Waals surface area contributed by atoms with Crippen molar-refractivity contribution in [2.45, 2.75) is 45.1 Å². The maximum absolute atomic E-state index is 9.95. The van der Waals surface area contributed by atoms with E-state index in [9.17, 15) is 5.11 Å². The van der Waals surface area contributed by atoms with E-state index >= 15 is 0 Å². The molecule has 1 fully saturated rings. The summed E-state index contributed by atoms with van der Waals surface area (Å²) in [6.07, 6.45) is 3.81. The molecule has 12 heavy (non-hydrogen) atoms. The van der Waals surface area contributed by atoms with Crippen molar-refractivity contribution in [3.63, 3.8) is 0 Å². The summed E-state index contributed by atoms with van der Waals surface area (Å²) >= 11 is 0. The topological polar surface area (TPSA) is 44.0 Å². The zero-order valence-electron chi connectivity index (χ0n) is 7.88. The van der Waals surface area contributed by atoms with E-state index in [0.29, 0.717) is 12.3 Å². The zero-order chi connectivity index (χ0) is 9.19. The number of hydrogen-bond donors (Lipinski definition) is 1. The van der Waals surface area contributed by atoms with Crippen LogP contribution >= 0.6 is 0 Å². The smallest absolute Gasteiger partial charge is 0.154 e. The Morgan fingerprint density at radius 3 is 2.58 bits per heavy atom. The van der Waals surface area contributed by atoms with Crippen LogP contribution in [0.5, 0.6) is 0 Å². The van der Waals surface area contributed by atoms with Crippen LogP contribution in [-0.4, -0.2) is 10.7 Å². The van der Waals surface area contributed by atoms with Crippen molar-refractivity contribution in [2.24, 2.45) is 11.8 Å². The summed E-state index contributed by atoms with van der Waals surface area (Å²) in [7, 11) is 0. The molecule has 0 saturated heterocycles. The lowest BCUT2D eigenvalue weighted by Crippen LogP contribution is -2.41. The lowest BCUT2D eigenvalue weighted by atomic mass is 9.71. The Morgan fingerprint density at radius 2 is 2.17 bits per heavy atom. The molecule has 0 aromatic rings. The van der Waals surface area contributed by atoms with E-state index in [1.54, 1.807) is 0 Å². The van der Waals surface area contributed by atoms with Crippen LogP contribution in [0.15, 0.2) is 0 Å². The molecule has 0 aromatic carbocycles. The normalized spacial score (nSPS) is 36.4. The molecule has 2 atom stereocenters. The summed E-state index contributed by atoms with van der Waals surface area (Å²) < 4.78 is 0. The number of rotatable bonds is 1. The van der Waals surface area contributed by atoms with Crippen LogP contribution in [0.3, 0.4) is 0 Å². The van der Waals surface area contributed by atoms with Crippen molar-refractivity contribution in [3.05, 3.63) is 0 Å². The molecule has 0 heterocycles. The molecule has 0 unspecified atom stereocenters. The first-order valence-electron chi connectivity index (χ1n) is 4.74. The summed E-state index contributed by atoms with van der Waals surface area (Å²) in [5.74, 6) is 0.589. The van der Waals surface area contributed by atoms with Gasteiger partial charge in [-0.05, 0) is 25.2 Å². The molecule has 1 rings (SSSR count). The molecule has 0 radical (unpaired) electrons. The number of hydrogen-bond acceptors (Lipinski definition) is 2.